The van der Waals surface area contributed by atoms with E-state index in [1.165, 1.54) is 12.7 Å². The molecule has 0 spiro atoms. The van der Waals surface area contributed by atoms with Gasteiger partial charge in [-0.25, -0.2) is 14.6 Å². The van der Waals surface area contributed by atoms with Gasteiger partial charge in [0.1, 0.15) is 12.1 Å². The van der Waals surface area contributed by atoms with Crippen molar-refractivity contribution >= 4 is 28.5 Å². The molecule has 0 radical (unpaired) electrons. The molecule has 2 aromatic heterocycles. The minimum atomic E-state index is 0.435. The summed E-state index contributed by atoms with van der Waals surface area (Å²) in [6.45, 7) is 0. The number of nitrogens with two attached hydrogens (primary N) is 1. The quantitative estimate of drug-likeness (QED) is 0.804. The molecular weight excluding hydrogens is 298 g/mol. The summed E-state index contributed by atoms with van der Waals surface area (Å²) in [7, 11) is 0. The zero-order chi connectivity index (χ0) is 15.1. The van der Waals surface area contributed by atoms with E-state index in [0.29, 0.717) is 18.3 Å². The molecule has 112 valence electrons. The number of fused-ring (bicyclic) bond motifs is 1. The summed E-state index contributed by atoms with van der Waals surface area (Å²) in [5, 5.41) is 6.38. The van der Waals surface area contributed by atoms with Crippen LogP contribution in [0, 0.1) is 0 Å². The smallest absolute Gasteiger partial charge is 0.163 e. The summed E-state index contributed by atoms with van der Waals surface area (Å²) in [5.41, 5.74) is 8.95. The molecule has 1 aliphatic carbocycles. The third-order valence-electron chi connectivity index (χ3n) is 4.27. The fourth-order valence-electron chi connectivity index (χ4n) is 2.92. The Hall–Kier alpha value is -2.14. The topological polar surface area (TPSA) is 69.6 Å². The van der Waals surface area contributed by atoms with Crippen LogP contribution in [0.4, 0.5) is 5.82 Å². The Morgan fingerprint density at radius 1 is 1.27 bits per heavy atom. The van der Waals surface area contributed by atoms with Gasteiger partial charge in [-0.05, 0) is 37.0 Å². The Bertz CT molecular complexity index is 838. The van der Waals surface area contributed by atoms with Crippen LogP contribution in [0.25, 0.3) is 11.0 Å². The standard InChI is InChI=1S/C16H16ClN5/c17-11-4-1-3-10(7-11)8-13-14-15(18)19-9-20-16(14)22(21-13)12-5-2-6-12/h1,3-4,7,9,12H,2,5-6,8H2,(H2,18,19,20). The van der Waals surface area contributed by atoms with Crippen molar-refractivity contribution in [2.75, 3.05) is 5.73 Å². The van der Waals surface area contributed by atoms with Crippen molar-refractivity contribution in [3.8, 4) is 0 Å². The Morgan fingerprint density at radius 3 is 2.86 bits per heavy atom. The number of anilines is 1. The van der Waals surface area contributed by atoms with E-state index in [1.807, 2.05) is 28.9 Å². The zero-order valence-electron chi connectivity index (χ0n) is 12.0. The van der Waals surface area contributed by atoms with Crippen molar-refractivity contribution in [2.24, 2.45) is 0 Å². The van der Waals surface area contributed by atoms with Gasteiger partial charge in [0.05, 0.1) is 17.1 Å². The number of benzene rings is 1. The van der Waals surface area contributed by atoms with E-state index < -0.39 is 0 Å². The molecule has 2 heterocycles. The minimum absolute atomic E-state index is 0.435. The Balaban J connectivity index is 1.82. The molecule has 0 unspecified atom stereocenters. The van der Waals surface area contributed by atoms with Gasteiger partial charge in [-0.1, -0.05) is 23.7 Å². The number of nitrogens with zero attached hydrogens (tertiary/aromatic N) is 4. The van der Waals surface area contributed by atoms with Gasteiger partial charge in [-0.2, -0.15) is 5.10 Å². The normalized spacial score (nSPS) is 15.1. The Kier molecular flexibility index (Phi) is 3.22. The van der Waals surface area contributed by atoms with Crippen LogP contribution in [0.2, 0.25) is 5.02 Å². The van der Waals surface area contributed by atoms with Crippen molar-refractivity contribution in [3.63, 3.8) is 0 Å². The first-order valence-corrected chi connectivity index (χ1v) is 7.82. The largest absolute Gasteiger partial charge is 0.383 e. The molecule has 1 aliphatic rings. The highest BCUT2D eigenvalue weighted by Gasteiger charge is 2.25. The predicted octanol–water partition coefficient (Wildman–Crippen LogP) is 3.38. The molecule has 0 amide bonds. The van der Waals surface area contributed by atoms with E-state index in [0.717, 1.165) is 40.2 Å². The molecule has 4 rings (SSSR count). The monoisotopic (exact) mass is 313 g/mol. The number of hydrogen-bond donors (Lipinski definition) is 1. The van der Waals surface area contributed by atoms with E-state index >= 15 is 0 Å². The number of rotatable bonds is 3. The molecular formula is C16H16ClN5. The molecule has 22 heavy (non-hydrogen) atoms. The van der Waals surface area contributed by atoms with Crippen LogP contribution in [-0.4, -0.2) is 19.7 Å². The highest BCUT2D eigenvalue weighted by Crippen LogP contribution is 2.35. The maximum Gasteiger partial charge on any atom is 0.163 e. The average Bonchev–Trinajstić information content (AvgIpc) is 2.77. The van der Waals surface area contributed by atoms with Crippen LogP contribution in [0.1, 0.15) is 36.6 Å². The highest BCUT2D eigenvalue weighted by atomic mass is 35.5. The first kappa shape index (κ1) is 13.5. The lowest BCUT2D eigenvalue weighted by Gasteiger charge is -2.25. The Labute approximate surface area is 133 Å². The molecule has 3 aromatic rings. The van der Waals surface area contributed by atoms with Crippen LogP contribution < -0.4 is 5.73 Å². The molecule has 6 heteroatoms. The molecule has 1 saturated carbocycles. The van der Waals surface area contributed by atoms with E-state index in [-0.39, 0.29) is 0 Å². The molecule has 0 atom stereocenters. The van der Waals surface area contributed by atoms with Gasteiger partial charge in [0.15, 0.2) is 5.65 Å². The number of hydrogen-bond acceptors (Lipinski definition) is 4. The van der Waals surface area contributed by atoms with Crippen molar-refractivity contribution in [3.05, 3.63) is 46.9 Å². The summed E-state index contributed by atoms with van der Waals surface area (Å²) in [6.07, 6.45) is 5.73. The lowest BCUT2D eigenvalue weighted by atomic mass is 9.93. The molecule has 0 saturated heterocycles. The lowest BCUT2D eigenvalue weighted by Crippen LogP contribution is -2.18. The summed E-state index contributed by atoms with van der Waals surface area (Å²) >= 11 is 6.07. The first-order valence-electron chi connectivity index (χ1n) is 7.44. The van der Waals surface area contributed by atoms with Crippen molar-refractivity contribution in [2.45, 2.75) is 31.7 Å². The fraction of sp³-hybridized carbons (Fsp3) is 0.312. The number of halogens is 1. The summed E-state index contributed by atoms with van der Waals surface area (Å²) in [4.78, 5) is 8.54. The molecule has 1 fully saturated rings. The van der Waals surface area contributed by atoms with Gasteiger partial charge < -0.3 is 5.73 Å². The van der Waals surface area contributed by atoms with Crippen LogP contribution in [0.3, 0.4) is 0 Å². The van der Waals surface area contributed by atoms with E-state index in [2.05, 4.69) is 9.97 Å². The number of aromatic nitrogens is 4. The third-order valence-corrected chi connectivity index (χ3v) is 4.51. The van der Waals surface area contributed by atoms with Crippen molar-refractivity contribution < 1.29 is 0 Å². The highest BCUT2D eigenvalue weighted by molar-refractivity contribution is 6.30. The second-order valence-electron chi connectivity index (χ2n) is 5.74. The summed E-state index contributed by atoms with van der Waals surface area (Å²) < 4.78 is 2.02. The van der Waals surface area contributed by atoms with Crippen molar-refractivity contribution in [1.29, 1.82) is 0 Å². The molecule has 2 N–H and O–H groups in total. The molecule has 0 aliphatic heterocycles. The predicted molar refractivity (Wildman–Crippen MR) is 86.9 cm³/mol. The van der Waals surface area contributed by atoms with Crippen molar-refractivity contribution in [1.82, 2.24) is 19.7 Å². The first-order chi connectivity index (χ1) is 10.7. The Morgan fingerprint density at radius 2 is 2.14 bits per heavy atom. The van der Waals surface area contributed by atoms with Gasteiger partial charge in [-0.3, -0.25) is 0 Å². The van der Waals surface area contributed by atoms with E-state index in [1.54, 1.807) is 0 Å². The lowest BCUT2D eigenvalue weighted by molar-refractivity contribution is 0.295. The zero-order valence-corrected chi connectivity index (χ0v) is 12.8. The van der Waals surface area contributed by atoms with Crippen LogP contribution in [0.15, 0.2) is 30.6 Å². The van der Waals surface area contributed by atoms with E-state index in [9.17, 15) is 0 Å². The second-order valence-corrected chi connectivity index (χ2v) is 6.18. The third kappa shape index (κ3) is 2.22. The van der Waals surface area contributed by atoms with Gasteiger partial charge >= 0.3 is 0 Å². The molecule has 1 aromatic carbocycles. The van der Waals surface area contributed by atoms with Gasteiger partial charge in [0.25, 0.3) is 0 Å². The maximum absolute atomic E-state index is 6.08. The summed E-state index contributed by atoms with van der Waals surface area (Å²) in [5.74, 6) is 0.493. The molecule has 0 bridgehead atoms. The van der Waals surface area contributed by atoms with Gasteiger partial charge in [-0.15, -0.1) is 0 Å². The maximum atomic E-state index is 6.08. The average molecular weight is 314 g/mol. The van der Waals surface area contributed by atoms with E-state index in [4.69, 9.17) is 22.4 Å². The minimum Gasteiger partial charge on any atom is -0.383 e. The fourth-order valence-corrected chi connectivity index (χ4v) is 3.13. The van der Waals surface area contributed by atoms with Crippen LogP contribution in [0.5, 0.6) is 0 Å². The van der Waals surface area contributed by atoms with Gasteiger partial charge in [0, 0.05) is 11.4 Å². The summed E-state index contributed by atoms with van der Waals surface area (Å²) in [6, 6.07) is 8.25. The molecule has 5 nitrogen and oxygen atoms in total. The number of nitrogen functional groups attached to an aromatic ring is 1. The van der Waals surface area contributed by atoms with Gasteiger partial charge in [0.2, 0.25) is 0 Å². The second kappa shape index (κ2) is 5.25. The van der Waals surface area contributed by atoms with Crippen LogP contribution in [-0.2, 0) is 6.42 Å². The SMILES string of the molecule is Nc1ncnc2c1c(Cc1cccc(Cl)c1)nn2C1CCC1. The van der Waals surface area contributed by atoms with Crippen LogP contribution >= 0.6 is 11.6 Å².